The standard InChI is InChI=1S/C14H21NO2/c1-4-15(5-2,6-3)11-12-9-7-8-10-13(12)14(16)17/h7-10H,4-6,11H2,1-3H3/p+1. The predicted molar refractivity (Wildman–Crippen MR) is 69.0 cm³/mol. The number of rotatable bonds is 6. The van der Waals surface area contributed by atoms with Crippen LogP contribution in [-0.2, 0) is 6.54 Å². The summed E-state index contributed by atoms with van der Waals surface area (Å²) in [5.74, 6) is -0.831. The van der Waals surface area contributed by atoms with Gasteiger partial charge >= 0.3 is 5.97 Å². The van der Waals surface area contributed by atoms with Gasteiger partial charge in [-0.15, -0.1) is 0 Å². The fourth-order valence-electron chi connectivity index (χ4n) is 2.23. The minimum Gasteiger partial charge on any atom is -0.478 e. The molecule has 0 aromatic heterocycles. The van der Waals surface area contributed by atoms with E-state index in [1.165, 1.54) is 0 Å². The molecular formula is C14H22NO2+. The van der Waals surface area contributed by atoms with Gasteiger partial charge in [0.15, 0.2) is 0 Å². The highest BCUT2D eigenvalue weighted by atomic mass is 16.4. The van der Waals surface area contributed by atoms with E-state index in [1.54, 1.807) is 12.1 Å². The second-order valence-electron chi connectivity index (χ2n) is 4.41. The van der Waals surface area contributed by atoms with E-state index in [0.29, 0.717) is 5.56 Å². The first-order valence-electron chi connectivity index (χ1n) is 6.24. The van der Waals surface area contributed by atoms with Crippen LogP contribution < -0.4 is 0 Å². The van der Waals surface area contributed by atoms with Crippen LogP contribution in [0.2, 0.25) is 0 Å². The molecule has 0 aliphatic heterocycles. The van der Waals surface area contributed by atoms with Crippen LogP contribution in [0.3, 0.4) is 0 Å². The number of nitrogens with zero attached hydrogens (tertiary/aromatic N) is 1. The van der Waals surface area contributed by atoms with Gasteiger partial charge in [-0.25, -0.2) is 4.79 Å². The molecule has 94 valence electrons. The predicted octanol–water partition coefficient (Wildman–Crippen LogP) is 2.76. The zero-order valence-electron chi connectivity index (χ0n) is 10.9. The molecule has 1 aromatic rings. The molecule has 17 heavy (non-hydrogen) atoms. The van der Waals surface area contributed by atoms with Crippen molar-refractivity contribution in [3.63, 3.8) is 0 Å². The molecule has 0 radical (unpaired) electrons. The molecule has 0 fully saturated rings. The van der Waals surface area contributed by atoms with Crippen molar-refractivity contribution < 1.29 is 14.4 Å². The summed E-state index contributed by atoms with van der Waals surface area (Å²) in [6.45, 7) is 10.4. The minimum atomic E-state index is -0.831. The van der Waals surface area contributed by atoms with E-state index < -0.39 is 5.97 Å². The zero-order valence-corrected chi connectivity index (χ0v) is 10.9. The van der Waals surface area contributed by atoms with Crippen molar-refractivity contribution in [1.29, 1.82) is 0 Å². The molecule has 0 aliphatic carbocycles. The third-order valence-corrected chi connectivity index (χ3v) is 3.77. The maximum absolute atomic E-state index is 11.2. The molecule has 3 nitrogen and oxygen atoms in total. The zero-order chi connectivity index (χ0) is 12.9. The molecule has 1 N–H and O–H groups in total. The number of carbonyl (C=O) groups is 1. The van der Waals surface area contributed by atoms with E-state index in [-0.39, 0.29) is 0 Å². The van der Waals surface area contributed by atoms with E-state index in [4.69, 9.17) is 0 Å². The van der Waals surface area contributed by atoms with Crippen molar-refractivity contribution >= 4 is 5.97 Å². The SMILES string of the molecule is CC[N+](CC)(CC)Cc1ccccc1C(=O)O. The van der Waals surface area contributed by atoms with Gasteiger partial charge in [0, 0.05) is 5.56 Å². The average Bonchev–Trinajstić information content (AvgIpc) is 2.36. The summed E-state index contributed by atoms with van der Waals surface area (Å²) in [5.41, 5.74) is 1.37. The van der Waals surface area contributed by atoms with Gasteiger partial charge in [0.1, 0.15) is 6.54 Å². The largest absolute Gasteiger partial charge is 0.478 e. The molecule has 0 saturated heterocycles. The molecular weight excluding hydrogens is 214 g/mol. The quantitative estimate of drug-likeness (QED) is 0.771. The van der Waals surface area contributed by atoms with Gasteiger partial charge in [0.2, 0.25) is 0 Å². The minimum absolute atomic E-state index is 0.436. The Hall–Kier alpha value is -1.35. The van der Waals surface area contributed by atoms with Crippen LogP contribution in [0.4, 0.5) is 0 Å². The van der Waals surface area contributed by atoms with Crippen molar-refractivity contribution in [1.82, 2.24) is 0 Å². The first kappa shape index (κ1) is 13.7. The molecule has 0 amide bonds. The Labute approximate surface area is 103 Å². The summed E-state index contributed by atoms with van der Waals surface area (Å²) < 4.78 is 0.935. The summed E-state index contributed by atoms with van der Waals surface area (Å²) in [6.07, 6.45) is 0. The number of carboxylic acid groups (broad SMARTS) is 1. The van der Waals surface area contributed by atoms with Gasteiger partial charge in [0.25, 0.3) is 0 Å². The summed E-state index contributed by atoms with van der Waals surface area (Å²) >= 11 is 0. The second kappa shape index (κ2) is 5.82. The van der Waals surface area contributed by atoms with Gasteiger partial charge in [0.05, 0.1) is 25.2 Å². The van der Waals surface area contributed by atoms with Crippen molar-refractivity contribution in [2.24, 2.45) is 0 Å². The highest BCUT2D eigenvalue weighted by Crippen LogP contribution is 2.17. The van der Waals surface area contributed by atoms with Crippen LogP contribution in [0.5, 0.6) is 0 Å². The summed E-state index contributed by atoms with van der Waals surface area (Å²) in [4.78, 5) is 11.2. The Morgan fingerprint density at radius 1 is 1.12 bits per heavy atom. The third-order valence-electron chi connectivity index (χ3n) is 3.77. The molecule has 1 rings (SSSR count). The van der Waals surface area contributed by atoms with Crippen molar-refractivity contribution in [2.45, 2.75) is 27.3 Å². The van der Waals surface area contributed by atoms with Crippen LogP contribution in [0.15, 0.2) is 24.3 Å². The number of aromatic carboxylic acids is 1. The fraction of sp³-hybridized carbons (Fsp3) is 0.500. The topological polar surface area (TPSA) is 37.3 Å². The maximum Gasteiger partial charge on any atom is 0.336 e. The molecule has 0 heterocycles. The van der Waals surface area contributed by atoms with Crippen molar-refractivity contribution in [2.75, 3.05) is 19.6 Å². The lowest BCUT2D eigenvalue weighted by atomic mass is 10.1. The highest BCUT2D eigenvalue weighted by Gasteiger charge is 2.23. The Morgan fingerprint density at radius 3 is 2.12 bits per heavy atom. The lowest BCUT2D eigenvalue weighted by Crippen LogP contribution is -2.46. The van der Waals surface area contributed by atoms with E-state index in [9.17, 15) is 9.90 Å². The van der Waals surface area contributed by atoms with Crippen molar-refractivity contribution in [3.05, 3.63) is 35.4 Å². The smallest absolute Gasteiger partial charge is 0.336 e. The van der Waals surface area contributed by atoms with E-state index in [1.807, 2.05) is 12.1 Å². The van der Waals surface area contributed by atoms with Crippen LogP contribution in [-0.4, -0.2) is 35.2 Å². The Bertz CT molecular complexity index is 375. The van der Waals surface area contributed by atoms with E-state index in [2.05, 4.69) is 20.8 Å². The molecule has 1 aromatic carbocycles. The third kappa shape index (κ3) is 3.07. The average molecular weight is 236 g/mol. The van der Waals surface area contributed by atoms with Crippen LogP contribution in [0.25, 0.3) is 0 Å². The molecule has 0 unspecified atom stereocenters. The number of benzene rings is 1. The molecule has 0 atom stereocenters. The van der Waals surface area contributed by atoms with Crippen LogP contribution >= 0.6 is 0 Å². The highest BCUT2D eigenvalue weighted by molar-refractivity contribution is 5.89. The Balaban J connectivity index is 3.05. The molecule has 0 saturated carbocycles. The van der Waals surface area contributed by atoms with E-state index >= 15 is 0 Å². The first-order valence-corrected chi connectivity index (χ1v) is 6.24. The fourth-order valence-corrected chi connectivity index (χ4v) is 2.23. The lowest BCUT2D eigenvalue weighted by molar-refractivity contribution is -0.936. The van der Waals surface area contributed by atoms with Gasteiger partial charge in [-0.05, 0) is 26.8 Å². The van der Waals surface area contributed by atoms with Crippen LogP contribution in [0.1, 0.15) is 36.7 Å². The second-order valence-corrected chi connectivity index (χ2v) is 4.41. The van der Waals surface area contributed by atoms with Gasteiger partial charge in [-0.2, -0.15) is 0 Å². The lowest BCUT2D eigenvalue weighted by Gasteiger charge is -2.36. The maximum atomic E-state index is 11.2. The normalized spacial score (nSPS) is 11.5. The Morgan fingerprint density at radius 2 is 1.65 bits per heavy atom. The summed E-state index contributed by atoms with van der Waals surface area (Å²) in [5, 5.41) is 9.17. The number of carboxylic acids is 1. The Kier molecular flexibility index (Phi) is 4.70. The molecule has 0 aliphatic rings. The number of hydrogen-bond acceptors (Lipinski definition) is 1. The first-order chi connectivity index (χ1) is 8.08. The van der Waals surface area contributed by atoms with Gasteiger partial charge in [-0.3, -0.25) is 0 Å². The van der Waals surface area contributed by atoms with Crippen molar-refractivity contribution in [3.8, 4) is 0 Å². The molecule has 0 spiro atoms. The number of quaternary nitrogens is 1. The van der Waals surface area contributed by atoms with E-state index in [0.717, 1.165) is 36.2 Å². The monoisotopic (exact) mass is 236 g/mol. The van der Waals surface area contributed by atoms with Gasteiger partial charge in [-0.1, -0.05) is 18.2 Å². The summed E-state index contributed by atoms with van der Waals surface area (Å²) in [7, 11) is 0. The molecule has 0 bridgehead atoms. The van der Waals surface area contributed by atoms with Gasteiger partial charge < -0.3 is 9.59 Å². The van der Waals surface area contributed by atoms with Crippen LogP contribution in [0, 0.1) is 0 Å². The molecule has 3 heteroatoms. The summed E-state index contributed by atoms with van der Waals surface area (Å²) in [6, 6.07) is 7.31. The number of hydrogen-bond donors (Lipinski definition) is 1.